The van der Waals surface area contributed by atoms with E-state index in [9.17, 15) is 61.0 Å². The molecule has 3 aliphatic heterocycles. The van der Waals surface area contributed by atoms with Gasteiger partial charge < -0.3 is 89.9 Å². The fourth-order valence-corrected chi connectivity index (χ4v) is 15.7. The van der Waals surface area contributed by atoms with Gasteiger partial charge in [0.15, 0.2) is 18.9 Å². The third-order valence-corrected chi connectivity index (χ3v) is 23.1. The summed E-state index contributed by atoms with van der Waals surface area (Å²) in [4.78, 5) is 13.5. The van der Waals surface area contributed by atoms with Crippen molar-refractivity contribution in [3.8, 4) is 0 Å². The minimum atomic E-state index is -1.98. The van der Waals surface area contributed by atoms with Gasteiger partial charge in [0.05, 0.1) is 38.6 Å². The zero-order valence-electron chi connectivity index (χ0n) is 70.9. The molecule has 1 amide bonds. The van der Waals surface area contributed by atoms with Crippen LogP contribution < -0.4 is 5.32 Å². The van der Waals surface area contributed by atoms with Gasteiger partial charge in [0, 0.05) is 6.42 Å². The van der Waals surface area contributed by atoms with Crippen LogP contribution in [0.4, 0.5) is 0 Å². The molecule has 0 aromatic rings. The summed E-state index contributed by atoms with van der Waals surface area (Å²) in [6.45, 7) is 1.69. The van der Waals surface area contributed by atoms with Crippen LogP contribution in [0.2, 0.25) is 0 Å². The molecule has 3 aliphatic rings. The van der Waals surface area contributed by atoms with Crippen molar-refractivity contribution in [2.45, 2.75) is 497 Å². The van der Waals surface area contributed by atoms with Gasteiger partial charge in [-0.15, -0.1) is 0 Å². The summed E-state index contributed by atoms with van der Waals surface area (Å²) in [5, 5.41) is 121. The Hall–Kier alpha value is -2.51. The first-order valence-electron chi connectivity index (χ1n) is 46.5. The molecule has 112 heavy (non-hydrogen) atoms. The number of aliphatic hydroxyl groups excluding tert-OH is 11. The summed E-state index contributed by atoms with van der Waals surface area (Å²) in [7, 11) is 0. The van der Waals surface area contributed by atoms with Crippen molar-refractivity contribution in [1.82, 2.24) is 5.32 Å². The van der Waals surface area contributed by atoms with E-state index < -0.39 is 124 Å². The maximum Gasteiger partial charge on any atom is 0.220 e. The van der Waals surface area contributed by atoms with E-state index in [1.807, 2.05) is 6.08 Å². The van der Waals surface area contributed by atoms with E-state index in [0.29, 0.717) is 6.42 Å². The molecule has 3 rings (SSSR count). The van der Waals surface area contributed by atoms with Crippen molar-refractivity contribution in [2.75, 3.05) is 26.4 Å². The molecular formula is C93H171NO18. The molecule has 0 aliphatic carbocycles. The van der Waals surface area contributed by atoms with Crippen molar-refractivity contribution >= 4 is 5.91 Å². The summed E-state index contributed by atoms with van der Waals surface area (Å²) < 4.78 is 34.5. The highest BCUT2D eigenvalue weighted by atomic mass is 16.8. The van der Waals surface area contributed by atoms with Crippen molar-refractivity contribution in [2.24, 2.45) is 0 Å². The Kier molecular flexibility index (Phi) is 67.1. The predicted molar refractivity (Wildman–Crippen MR) is 452 cm³/mol. The number of hydrogen-bond donors (Lipinski definition) is 12. The highest BCUT2D eigenvalue weighted by molar-refractivity contribution is 5.76. The van der Waals surface area contributed by atoms with Crippen LogP contribution in [-0.2, 0) is 33.2 Å². The summed E-state index contributed by atoms with van der Waals surface area (Å²) in [6.07, 6.45) is 69.6. The monoisotopic (exact) mass is 1590 g/mol. The number of carbonyl (C=O) groups is 1. The first-order valence-corrected chi connectivity index (χ1v) is 46.5. The van der Waals surface area contributed by atoms with Crippen molar-refractivity contribution in [3.05, 3.63) is 60.8 Å². The van der Waals surface area contributed by atoms with Crippen LogP contribution in [0.25, 0.3) is 0 Å². The Balaban J connectivity index is 1.29. The Morgan fingerprint density at radius 3 is 0.964 bits per heavy atom. The number of carbonyl (C=O) groups excluding carboxylic acids is 1. The van der Waals surface area contributed by atoms with Crippen LogP contribution >= 0.6 is 0 Å². The second-order valence-electron chi connectivity index (χ2n) is 33.1. The Morgan fingerprint density at radius 1 is 0.330 bits per heavy atom. The second-order valence-corrected chi connectivity index (χ2v) is 33.1. The third-order valence-electron chi connectivity index (χ3n) is 23.1. The van der Waals surface area contributed by atoms with E-state index >= 15 is 0 Å². The maximum atomic E-state index is 13.5. The van der Waals surface area contributed by atoms with Gasteiger partial charge in [0.25, 0.3) is 0 Å². The van der Waals surface area contributed by atoms with E-state index in [1.165, 1.54) is 295 Å². The van der Waals surface area contributed by atoms with E-state index in [2.05, 4.69) is 67.8 Å². The first kappa shape index (κ1) is 104. The van der Waals surface area contributed by atoms with Crippen LogP contribution in [0.15, 0.2) is 60.8 Å². The molecule has 0 aromatic carbocycles. The first-order chi connectivity index (χ1) is 54.8. The van der Waals surface area contributed by atoms with E-state index in [0.717, 1.165) is 70.6 Å². The van der Waals surface area contributed by atoms with Gasteiger partial charge in [0.2, 0.25) is 5.91 Å². The molecule has 0 radical (unpaired) electrons. The average Bonchev–Trinajstić information content (AvgIpc) is 0.781. The molecule has 12 N–H and O–H groups in total. The number of unbranched alkanes of at least 4 members (excludes halogenated alkanes) is 52. The maximum absolute atomic E-state index is 13.5. The number of aliphatic hydroxyl groups is 11. The smallest absolute Gasteiger partial charge is 0.220 e. The van der Waals surface area contributed by atoms with E-state index in [-0.39, 0.29) is 18.9 Å². The summed E-state index contributed by atoms with van der Waals surface area (Å²) in [5.74, 6) is -0.267. The van der Waals surface area contributed by atoms with E-state index in [4.69, 9.17) is 28.4 Å². The molecule has 17 unspecified atom stereocenters. The fourth-order valence-electron chi connectivity index (χ4n) is 15.7. The quantitative estimate of drug-likeness (QED) is 0.0199. The Morgan fingerprint density at radius 2 is 0.616 bits per heavy atom. The van der Waals surface area contributed by atoms with Crippen LogP contribution in [0, 0.1) is 0 Å². The number of rotatable bonds is 76. The Bertz CT molecular complexity index is 2250. The summed E-state index contributed by atoms with van der Waals surface area (Å²) in [5.41, 5.74) is 0. The van der Waals surface area contributed by atoms with Crippen LogP contribution in [0.5, 0.6) is 0 Å². The van der Waals surface area contributed by atoms with Gasteiger partial charge in [0.1, 0.15) is 73.2 Å². The minimum Gasteiger partial charge on any atom is -0.394 e. The van der Waals surface area contributed by atoms with Crippen LogP contribution in [0.3, 0.4) is 0 Å². The molecule has 3 heterocycles. The van der Waals surface area contributed by atoms with E-state index in [1.54, 1.807) is 6.08 Å². The molecule has 0 aromatic heterocycles. The van der Waals surface area contributed by atoms with Crippen LogP contribution in [-0.4, -0.2) is 193 Å². The zero-order chi connectivity index (χ0) is 81.0. The number of hydrogen-bond acceptors (Lipinski definition) is 18. The predicted octanol–water partition coefficient (Wildman–Crippen LogP) is 18.1. The van der Waals surface area contributed by atoms with Gasteiger partial charge in [-0.2, -0.15) is 0 Å². The highest BCUT2D eigenvalue weighted by Crippen LogP contribution is 2.34. The average molecular weight is 1590 g/mol. The molecule has 3 saturated heterocycles. The lowest BCUT2D eigenvalue weighted by Crippen LogP contribution is -2.66. The molecule has 17 atom stereocenters. The molecule has 3 fully saturated rings. The Labute approximate surface area is 681 Å². The highest BCUT2D eigenvalue weighted by Gasteiger charge is 2.54. The standard InChI is InChI=1S/C93H171NO18/c1-3-5-7-9-11-13-15-17-19-21-23-25-27-29-31-32-33-34-35-36-37-38-39-40-41-42-43-44-45-47-49-51-53-55-57-59-61-63-65-67-69-71-81(99)94-76(77(98)70-68-66-64-62-60-58-56-54-52-50-48-46-30-28-26-24-22-20-18-16-14-12-10-8-6-4-2)75-107-91-87(105)84(102)89(79(73-96)109-91)112-93-88(106)85(103)90(80(74-97)110-93)111-92-86(104)83(101)82(100)78(72-95)108-92/h5,7,11,13,17,19,23,25,68,70,76-80,82-93,95-98,100-106H,3-4,6,8-10,12,14-16,18,20-22,24,26-67,69,71-75H2,1-2H3,(H,94,99)/b7-5-,13-11-,19-17-,25-23-,70-68+. The van der Waals surface area contributed by atoms with Gasteiger partial charge in [-0.25, -0.2) is 0 Å². The number of ether oxygens (including phenoxy) is 6. The second kappa shape index (κ2) is 72.5. The van der Waals surface area contributed by atoms with Gasteiger partial charge in [-0.1, -0.05) is 389 Å². The van der Waals surface area contributed by atoms with Gasteiger partial charge in [-0.3, -0.25) is 4.79 Å². The molecule has 0 saturated carbocycles. The molecule has 19 heteroatoms. The summed E-state index contributed by atoms with van der Waals surface area (Å²) in [6, 6.07) is -0.974. The fraction of sp³-hybridized carbons (Fsp3) is 0.882. The van der Waals surface area contributed by atoms with Crippen molar-refractivity contribution in [1.29, 1.82) is 0 Å². The SMILES string of the molecule is CC/C=C\C/C=C\C/C=C\C/C=C\CCCCCCCCCCCCCCCCCCCCCCCCCCCCCCC(=O)NC(COC1OC(CO)C(OC2OC(CO)C(OC3OC(CO)C(O)C(O)C3O)C(O)C2O)C(O)C1O)C(O)/C=C/CCCCCCCCCCCCCCCCCCCCCCCCCC. The third kappa shape index (κ3) is 50.4. The molecule has 656 valence electrons. The molecular weight excluding hydrogens is 1420 g/mol. The number of nitrogens with one attached hydrogen (secondary N) is 1. The summed E-state index contributed by atoms with van der Waals surface area (Å²) >= 11 is 0. The number of amides is 1. The van der Waals surface area contributed by atoms with Crippen molar-refractivity contribution < 1.29 is 89.4 Å². The molecule has 0 bridgehead atoms. The topological polar surface area (TPSA) is 307 Å². The molecule has 0 spiro atoms. The zero-order valence-corrected chi connectivity index (χ0v) is 70.9. The lowest BCUT2D eigenvalue weighted by atomic mass is 9.96. The molecule has 19 nitrogen and oxygen atoms in total. The van der Waals surface area contributed by atoms with Crippen LogP contribution in [0.1, 0.15) is 393 Å². The lowest BCUT2D eigenvalue weighted by Gasteiger charge is -2.48. The minimum absolute atomic E-state index is 0.247. The van der Waals surface area contributed by atoms with Gasteiger partial charge in [-0.05, 0) is 57.8 Å². The number of allylic oxidation sites excluding steroid dienone is 9. The van der Waals surface area contributed by atoms with Gasteiger partial charge >= 0.3 is 0 Å². The lowest BCUT2D eigenvalue weighted by molar-refractivity contribution is -0.379. The largest absolute Gasteiger partial charge is 0.394 e. The normalized spacial score (nSPS) is 25.2. The van der Waals surface area contributed by atoms with Crippen molar-refractivity contribution in [3.63, 3.8) is 0 Å².